The van der Waals surface area contributed by atoms with Crippen LogP contribution >= 0.6 is 0 Å². The second-order valence-corrected chi connectivity index (χ2v) is 5.22. The quantitative estimate of drug-likeness (QED) is 0.525. The Morgan fingerprint density at radius 3 is 2.70 bits per heavy atom. The lowest BCUT2D eigenvalue weighted by Crippen LogP contribution is -2.06. The van der Waals surface area contributed by atoms with Gasteiger partial charge in [0, 0.05) is 0 Å². The smallest absolute Gasteiger partial charge is 0.202 e. The molecule has 4 heteroatoms. The molecule has 0 N–H and O–H groups in total. The molecule has 0 saturated heterocycles. The van der Waals surface area contributed by atoms with Crippen LogP contribution in [0.1, 0.15) is 0 Å². The first kappa shape index (κ1) is 13.5. The van der Waals surface area contributed by atoms with Crippen LogP contribution in [0.5, 0.6) is 5.75 Å². The van der Waals surface area contributed by atoms with E-state index < -0.39 is 0 Å². The van der Waals surface area contributed by atoms with Crippen molar-refractivity contribution >= 4 is 21.7 Å². The average molecular weight is 303 g/mol. The standard InChI is InChI=1S/C19H13NO3/c1-22-13-7-8-16(20-10-13)15-11-23-17-9-6-12-4-2-3-5-14(12)18(17)19(15)21/h2-11H,1H3. The number of nitrogens with zero attached hydrogens (tertiary/aromatic N) is 1. The molecule has 2 aromatic carbocycles. The van der Waals surface area contributed by atoms with Crippen molar-refractivity contribution in [1.82, 2.24) is 4.98 Å². The minimum atomic E-state index is -0.0827. The van der Waals surface area contributed by atoms with Crippen LogP contribution in [0.2, 0.25) is 0 Å². The summed E-state index contributed by atoms with van der Waals surface area (Å²) < 4.78 is 10.8. The van der Waals surface area contributed by atoms with E-state index in [9.17, 15) is 4.79 Å². The van der Waals surface area contributed by atoms with Gasteiger partial charge in [-0.2, -0.15) is 0 Å². The van der Waals surface area contributed by atoms with Gasteiger partial charge in [-0.15, -0.1) is 0 Å². The first-order valence-electron chi connectivity index (χ1n) is 7.21. The highest BCUT2D eigenvalue weighted by Gasteiger charge is 2.12. The molecule has 0 radical (unpaired) electrons. The number of hydrogen-bond acceptors (Lipinski definition) is 4. The van der Waals surface area contributed by atoms with E-state index in [2.05, 4.69) is 4.98 Å². The predicted octanol–water partition coefficient (Wildman–Crippen LogP) is 4.02. The molecule has 0 amide bonds. The van der Waals surface area contributed by atoms with Gasteiger partial charge in [0.25, 0.3) is 0 Å². The lowest BCUT2D eigenvalue weighted by molar-refractivity contribution is 0.413. The summed E-state index contributed by atoms with van der Waals surface area (Å²) in [5.41, 5.74) is 1.50. The Hall–Kier alpha value is -3.14. The van der Waals surface area contributed by atoms with Crippen LogP contribution < -0.4 is 10.2 Å². The number of benzene rings is 2. The largest absolute Gasteiger partial charge is 0.495 e. The van der Waals surface area contributed by atoms with Gasteiger partial charge in [-0.05, 0) is 29.0 Å². The van der Waals surface area contributed by atoms with Crippen LogP contribution in [0.3, 0.4) is 0 Å². The average Bonchev–Trinajstić information content (AvgIpc) is 2.62. The van der Waals surface area contributed by atoms with Gasteiger partial charge in [0.2, 0.25) is 5.43 Å². The van der Waals surface area contributed by atoms with Gasteiger partial charge in [0.05, 0.1) is 30.0 Å². The molecule has 2 aromatic heterocycles. The Bertz CT molecular complexity index is 1070. The molecule has 0 bridgehead atoms. The Balaban J connectivity index is 2.03. The number of methoxy groups -OCH3 is 1. The maximum atomic E-state index is 13.0. The third-order valence-corrected chi connectivity index (χ3v) is 3.91. The molecule has 112 valence electrons. The summed E-state index contributed by atoms with van der Waals surface area (Å²) in [6.07, 6.45) is 3.05. The number of ether oxygens (including phenoxy) is 1. The Labute approximate surface area is 132 Å². The Kier molecular flexibility index (Phi) is 3.08. The summed E-state index contributed by atoms with van der Waals surface area (Å²) in [7, 11) is 1.58. The van der Waals surface area contributed by atoms with E-state index in [4.69, 9.17) is 9.15 Å². The molecule has 0 unspecified atom stereocenters. The van der Waals surface area contributed by atoms with Crippen molar-refractivity contribution < 1.29 is 9.15 Å². The summed E-state index contributed by atoms with van der Waals surface area (Å²) in [5.74, 6) is 0.643. The van der Waals surface area contributed by atoms with Crippen molar-refractivity contribution in [3.63, 3.8) is 0 Å². The number of fused-ring (bicyclic) bond motifs is 3. The molecule has 0 spiro atoms. The second kappa shape index (κ2) is 5.25. The lowest BCUT2D eigenvalue weighted by Gasteiger charge is -2.06. The van der Waals surface area contributed by atoms with Gasteiger partial charge < -0.3 is 9.15 Å². The normalized spacial score (nSPS) is 11.0. The summed E-state index contributed by atoms with van der Waals surface area (Å²) in [4.78, 5) is 17.2. The zero-order valence-corrected chi connectivity index (χ0v) is 12.4. The molecule has 4 rings (SSSR count). The van der Waals surface area contributed by atoms with Gasteiger partial charge >= 0.3 is 0 Å². The van der Waals surface area contributed by atoms with Crippen LogP contribution in [-0.2, 0) is 0 Å². The minimum absolute atomic E-state index is 0.0827. The third-order valence-electron chi connectivity index (χ3n) is 3.91. The molecule has 4 aromatic rings. The molecule has 0 aliphatic rings. The van der Waals surface area contributed by atoms with Gasteiger partial charge in [-0.25, -0.2) is 0 Å². The SMILES string of the molecule is COc1ccc(-c2coc3ccc4ccccc4c3c2=O)nc1. The van der Waals surface area contributed by atoms with Gasteiger partial charge in [0.1, 0.15) is 17.6 Å². The summed E-state index contributed by atoms with van der Waals surface area (Å²) in [6, 6.07) is 15.1. The fourth-order valence-electron chi connectivity index (χ4n) is 2.73. The van der Waals surface area contributed by atoms with Gasteiger partial charge in [0.15, 0.2) is 0 Å². The van der Waals surface area contributed by atoms with E-state index in [1.807, 2.05) is 36.4 Å². The van der Waals surface area contributed by atoms with Crippen LogP contribution in [-0.4, -0.2) is 12.1 Å². The van der Waals surface area contributed by atoms with E-state index in [1.54, 1.807) is 25.4 Å². The van der Waals surface area contributed by atoms with Crippen molar-refractivity contribution in [1.29, 1.82) is 0 Å². The van der Waals surface area contributed by atoms with Crippen molar-refractivity contribution in [3.8, 4) is 17.0 Å². The molecular formula is C19H13NO3. The Morgan fingerprint density at radius 2 is 1.91 bits per heavy atom. The summed E-state index contributed by atoms with van der Waals surface area (Å²) in [5, 5.41) is 2.47. The molecule has 0 saturated carbocycles. The highest BCUT2D eigenvalue weighted by molar-refractivity contribution is 6.06. The second-order valence-electron chi connectivity index (χ2n) is 5.22. The maximum Gasteiger partial charge on any atom is 0.202 e. The molecule has 4 nitrogen and oxygen atoms in total. The van der Waals surface area contributed by atoms with E-state index in [0.717, 1.165) is 10.8 Å². The van der Waals surface area contributed by atoms with E-state index in [-0.39, 0.29) is 5.43 Å². The first-order valence-corrected chi connectivity index (χ1v) is 7.21. The van der Waals surface area contributed by atoms with E-state index in [0.29, 0.717) is 28.0 Å². The van der Waals surface area contributed by atoms with Gasteiger partial charge in [-0.1, -0.05) is 30.3 Å². The predicted molar refractivity (Wildman–Crippen MR) is 89.8 cm³/mol. The zero-order chi connectivity index (χ0) is 15.8. The number of aromatic nitrogens is 1. The highest BCUT2D eigenvalue weighted by Crippen LogP contribution is 2.25. The van der Waals surface area contributed by atoms with Crippen LogP contribution in [0.25, 0.3) is 33.0 Å². The maximum absolute atomic E-state index is 13.0. The van der Waals surface area contributed by atoms with Crippen LogP contribution in [0.15, 0.2) is 70.2 Å². The lowest BCUT2D eigenvalue weighted by atomic mass is 10.0. The number of pyridine rings is 1. The summed E-state index contributed by atoms with van der Waals surface area (Å²) >= 11 is 0. The molecule has 0 aliphatic heterocycles. The van der Waals surface area contributed by atoms with Crippen molar-refractivity contribution in [3.05, 3.63) is 71.2 Å². The van der Waals surface area contributed by atoms with Crippen LogP contribution in [0.4, 0.5) is 0 Å². The summed E-state index contributed by atoms with van der Waals surface area (Å²) in [6.45, 7) is 0. The molecule has 2 heterocycles. The number of rotatable bonds is 2. The molecule has 0 aliphatic carbocycles. The van der Waals surface area contributed by atoms with Crippen molar-refractivity contribution in [2.24, 2.45) is 0 Å². The monoisotopic (exact) mass is 303 g/mol. The fourth-order valence-corrected chi connectivity index (χ4v) is 2.73. The van der Waals surface area contributed by atoms with Crippen molar-refractivity contribution in [2.75, 3.05) is 7.11 Å². The molecule has 0 atom stereocenters. The first-order chi connectivity index (χ1) is 11.3. The van der Waals surface area contributed by atoms with E-state index >= 15 is 0 Å². The minimum Gasteiger partial charge on any atom is -0.495 e. The fraction of sp³-hybridized carbons (Fsp3) is 0.0526. The molecular weight excluding hydrogens is 290 g/mol. The Morgan fingerprint density at radius 1 is 1.04 bits per heavy atom. The van der Waals surface area contributed by atoms with Crippen molar-refractivity contribution in [2.45, 2.75) is 0 Å². The van der Waals surface area contributed by atoms with Gasteiger partial charge in [-0.3, -0.25) is 9.78 Å². The topological polar surface area (TPSA) is 52.3 Å². The number of hydrogen-bond donors (Lipinski definition) is 0. The zero-order valence-electron chi connectivity index (χ0n) is 12.4. The highest BCUT2D eigenvalue weighted by atomic mass is 16.5. The third kappa shape index (κ3) is 2.16. The van der Waals surface area contributed by atoms with E-state index in [1.165, 1.54) is 6.26 Å². The molecule has 0 fully saturated rings. The molecule has 23 heavy (non-hydrogen) atoms. The van der Waals surface area contributed by atoms with Crippen LogP contribution in [0, 0.1) is 0 Å².